The summed E-state index contributed by atoms with van der Waals surface area (Å²) in [5.41, 5.74) is 1.97. The molecular weight excluding hydrogens is 295 g/mol. The molecule has 0 unspecified atom stereocenters. The third kappa shape index (κ3) is 3.26. The molecule has 3 heterocycles. The van der Waals surface area contributed by atoms with E-state index in [1.807, 2.05) is 12.1 Å². The van der Waals surface area contributed by atoms with Crippen molar-refractivity contribution in [1.82, 2.24) is 4.90 Å². The Labute approximate surface area is 135 Å². The standard InChI is InChI=1S/C18H21FN2O2/c19-15-2-1-3-16(8-15)20-17-9-18(23-12-17)5-6-21(13-18)10-14-4-7-22-11-14/h1-4,7-8,11,17,20H,5-6,9-10,12-13H2/t17-,18-/m0/s1. The highest BCUT2D eigenvalue weighted by atomic mass is 19.1. The normalized spacial score (nSPS) is 27.8. The molecule has 1 aromatic heterocycles. The minimum absolute atomic E-state index is 0.0608. The molecule has 2 aliphatic rings. The molecule has 122 valence electrons. The predicted molar refractivity (Wildman–Crippen MR) is 85.7 cm³/mol. The van der Waals surface area contributed by atoms with Crippen LogP contribution in [0.1, 0.15) is 18.4 Å². The number of benzene rings is 1. The predicted octanol–water partition coefficient (Wildman–Crippen LogP) is 3.26. The Kier molecular flexibility index (Phi) is 3.83. The van der Waals surface area contributed by atoms with Crippen molar-refractivity contribution in [3.05, 3.63) is 54.2 Å². The maximum absolute atomic E-state index is 13.3. The van der Waals surface area contributed by atoms with E-state index >= 15 is 0 Å². The van der Waals surface area contributed by atoms with Gasteiger partial charge in [-0.1, -0.05) is 6.07 Å². The highest BCUT2D eigenvalue weighted by Crippen LogP contribution is 2.36. The largest absolute Gasteiger partial charge is 0.472 e. The molecule has 0 bridgehead atoms. The van der Waals surface area contributed by atoms with E-state index in [1.54, 1.807) is 18.6 Å². The fraction of sp³-hybridized carbons (Fsp3) is 0.444. The van der Waals surface area contributed by atoms with Crippen LogP contribution in [0.25, 0.3) is 0 Å². The van der Waals surface area contributed by atoms with Crippen molar-refractivity contribution in [2.45, 2.75) is 31.0 Å². The molecule has 2 aromatic rings. The lowest BCUT2D eigenvalue weighted by atomic mass is 9.97. The SMILES string of the molecule is Fc1cccc(N[C@@H]2CO[C@@]3(CCN(Cc4ccoc4)C3)C2)c1. The van der Waals surface area contributed by atoms with Gasteiger partial charge in [-0.25, -0.2) is 4.39 Å². The third-order valence-electron chi connectivity index (χ3n) is 4.79. The van der Waals surface area contributed by atoms with Gasteiger partial charge >= 0.3 is 0 Å². The van der Waals surface area contributed by atoms with Crippen LogP contribution in [0.4, 0.5) is 10.1 Å². The Hall–Kier alpha value is -1.85. The average molecular weight is 316 g/mol. The summed E-state index contributed by atoms with van der Waals surface area (Å²) in [6.45, 7) is 3.57. The average Bonchev–Trinajstić information content (AvgIpc) is 3.24. The number of hydrogen-bond donors (Lipinski definition) is 1. The summed E-state index contributed by atoms with van der Waals surface area (Å²) >= 11 is 0. The lowest BCUT2D eigenvalue weighted by Gasteiger charge is -2.23. The first kappa shape index (κ1) is 14.7. The summed E-state index contributed by atoms with van der Waals surface area (Å²) in [6.07, 6.45) is 5.53. The number of nitrogens with zero attached hydrogens (tertiary/aromatic N) is 1. The summed E-state index contributed by atoms with van der Waals surface area (Å²) in [5, 5.41) is 3.39. The van der Waals surface area contributed by atoms with Gasteiger partial charge in [0.15, 0.2) is 0 Å². The van der Waals surface area contributed by atoms with Crippen molar-refractivity contribution in [3.63, 3.8) is 0 Å². The zero-order chi connectivity index (χ0) is 15.7. The van der Waals surface area contributed by atoms with Crippen LogP contribution in [0.2, 0.25) is 0 Å². The summed E-state index contributed by atoms with van der Waals surface area (Å²) in [7, 11) is 0. The molecule has 0 saturated carbocycles. The maximum atomic E-state index is 13.3. The molecule has 1 spiro atoms. The fourth-order valence-electron chi connectivity index (χ4n) is 3.74. The number of nitrogens with one attached hydrogen (secondary N) is 1. The van der Waals surface area contributed by atoms with Crippen molar-refractivity contribution in [2.24, 2.45) is 0 Å². The van der Waals surface area contributed by atoms with Crippen molar-refractivity contribution >= 4 is 5.69 Å². The van der Waals surface area contributed by atoms with Crippen LogP contribution in [-0.4, -0.2) is 36.2 Å². The summed E-state index contributed by atoms with van der Waals surface area (Å²) < 4.78 is 24.6. The van der Waals surface area contributed by atoms with Crippen LogP contribution in [-0.2, 0) is 11.3 Å². The number of rotatable bonds is 4. The molecule has 0 amide bonds. The van der Waals surface area contributed by atoms with Gasteiger partial charge in [-0.3, -0.25) is 4.90 Å². The zero-order valence-corrected chi connectivity index (χ0v) is 13.0. The van der Waals surface area contributed by atoms with Crippen molar-refractivity contribution in [1.29, 1.82) is 0 Å². The monoisotopic (exact) mass is 316 g/mol. The molecule has 0 aliphatic carbocycles. The molecule has 0 radical (unpaired) electrons. The molecule has 2 aliphatic heterocycles. The van der Waals surface area contributed by atoms with Gasteiger partial charge < -0.3 is 14.5 Å². The Balaban J connectivity index is 1.34. The molecule has 1 aromatic carbocycles. The number of ether oxygens (including phenoxy) is 1. The van der Waals surface area contributed by atoms with E-state index in [1.165, 1.54) is 17.7 Å². The minimum atomic E-state index is -0.212. The van der Waals surface area contributed by atoms with Gasteiger partial charge in [-0.15, -0.1) is 0 Å². The summed E-state index contributed by atoms with van der Waals surface area (Å²) in [6, 6.07) is 8.87. The molecule has 2 saturated heterocycles. The molecule has 5 heteroatoms. The molecular formula is C18H21FN2O2. The molecule has 23 heavy (non-hydrogen) atoms. The summed E-state index contributed by atoms with van der Waals surface area (Å²) in [4.78, 5) is 2.41. The van der Waals surface area contributed by atoms with E-state index in [-0.39, 0.29) is 17.5 Å². The Morgan fingerprint density at radius 3 is 3.13 bits per heavy atom. The smallest absolute Gasteiger partial charge is 0.125 e. The maximum Gasteiger partial charge on any atom is 0.125 e. The molecule has 1 N–H and O–H groups in total. The van der Waals surface area contributed by atoms with E-state index in [9.17, 15) is 4.39 Å². The van der Waals surface area contributed by atoms with E-state index in [0.29, 0.717) is 6.61 Å². The second-order valence-corrected chi connectivity index (χ2v) is 6.64. The lowest BCUT2D eigenvalue weighted by molar-refractivity contribution is 0.0120. The van der Waals surface area contributed by atoms with E-state index < -0.39 is 0 Å². The van der Waals surface area contributed by atoms with E-state index in [2.05, 4.69) is 10.2 Å². The van der Waals surface area contributed by atoms with Crippen molar-refractivity contribution in [3.8, 4) is 0 Å². The van der Waals surface area contributed by atoms with Crippen LogP contribution >= 0.6 is 0 Å². The topological polar surface area (TPSA) is 37.6 Å². The van der Waals surface area contributed by atoms with Crippen LogP contribution in [0.15, 0.2) is 47.3 Å². The lowest BCUT2D eigenvalue weighted by Crippen LogP contribution is -2.33. The number of anilines is 1. The quantitative estimate of drug-likeness (QED) is 0.939. The van der Waals surface area contributed by atoms with E-state index in [0.717, 1.165) is 38.2 Å². The zero-order valence-electron chi connectivity index (χ0n) is 13.0. The van der Waals surface area contributed by atoms with Crippen molar-refractivity contribution in [2.75, 3.05) is 25.0 Å². The highest BCUT2D eigenvalue weighted by molar-refractivity contribution is 5.44. The van der Waals surface area contributed by atoms with E-state index in [4.69, 9.17) is 9.15 Å². The number of likely N-dealkylation sites (tertiary alicyclic amines) is 1. The van der Waals surface area contributed by atoms with Gasteiger partial charge in [0, 0.05) is 37.3 Å². The second kappa shape index (κ2) is 5.98. The first-order valence-corrected chi connectivity index (χ1v) is 8.10. The minimum Gasteiger partial charge on any atom is -0.472 e. The van der Waals surface area contributed by atoms with Crippen LogP contribution in [0.5, 0.6) is 0 Å². The Morgan fingerprint density at radius 1 is 1.35 bits per heavy atom. The first-order chi connectivity index (χ1) is 11.2. The van der Waals surface area contributed by atoms with Crippen LogP contribution < -0.4 is 5.32 Å². The fourth-order valence-corrected chi connectivity index (χ4v) is 3.74. The Morgan fingerprint density at radius 2 is 2.30 bits per heavy atom. The molecule has 4 rings (SSSR count). The molecule has 4 nitrogen and oxygen atoms in total. The highest BCUT2D eigenvalue weighted by Gasteiger charge is 2.45. The Bertz CT molecular complexity index is 661. The van der Waals surface area contributed by atoms with Crippen LogP contribution in [0, 0.1) is 5.82 Å². The summed E-state index contributed by atoms with van der Waals surface area (Å²) in [5.74, 6) is -0.212. The third-order valence-corrected chi connectivity index (χ3v) is 4.79. The molecule has 2 fully saturated rings. The van der Waals surface area contributed by atoms with Gasteiger partial charge in [0.25, 0.3) is 0 Å². The van der Waals surface area contributed by atoms with Gasteiger partial charge in [0.1, 0.15) is 5.82 Å². The number of furan rings is 1. The van der Waals surface area contributed by atoms with Gasteiger partial charge in [-0.2, -0.15) is 0 Å². The second-order valence-electron chi connectivity index (χ2n) is 6.64. The van der Waals surface area contributed by atoms with Gasteiger partial charge in [0.2, 0.25) is 0 Å². The first-order valence-electron chi connectivity index (χ1n) is 8.10. The van der Waals surface area contributed by atoms with Gasteiger partial charge in [-0.05, 0) is 30.7 Å². The van der Waals surface area contributed by atoms with Gasteiger partial charge in [0.05, 0.1) is 30.8 Å². The van der Waals surface area contributed by atoms with Crippen LogP contribution in [0.3, 0.4) is 0 Å². The van der Waals surface area contributed by atoms with Crippen molar-refractivity contribution < 1.29 is 13.5 Å². The number of halogens is 1. The number of hydrogen-bond acceptors (Lipinski definition) is 4. The molecule has 2 atom stereocenters.